The molecule has 7 rings (SSSR count). The van der Waals surface area contributed by atoms with Crippen LogP contribution in [0.25, 0.3) is 0 Å². The van der Waals surface area contributed by atoms with Crippen LogP contribution in [0.3, 0.4) is 0 Å². The summed E-state index contributed by atoms with van der Waals surface area (Å²) in [6.07, 6.45) is 15.8. The third-order valence-electron chi connectivity index (χ3n) is 13.1. The van der Waals surface area contributed by atoms with E-state index in [1.54, 1.807) is 36.6 Å². The Morgan fingerprint density at radius 3 is 2.40 bits per heavy atom. The molecule has 1 aliphatic heterocycles. The number of carbonyl (C=O) groups is 1. The number of aliphatic imine (C=N–C) groups is 1. The summed E-state index contributed by atoms with van der Waals surface area (Å²) in [4.78, 5) is 17.2. The van der Waals surface area contributed by atoms with Crippen molar-refractivity contribution < 1.29 is 30.0 Å². The van der Waals surface area contributed by atoms with Crippen molar-refractivity contribution in [3.63, 3.8) is 0 Å². The highest BCUT2D eigenvalue weighted by molar-refractivity contribution is 6.06. The number of nitrogens with two attached hydrogens (primary N) is 2. The van der Waals surface area contributed by atoms with E-state index in [0.29, 0.717) is 71.7 Å². The van der Waals surface area contributed by atoms with Gasteiger partial charge < -0.3 is 36.6 Å². The lowest BCUT2D eigenvalue weighted by atomic mass is 9.82. The first-order valence-electron chi connectivity index (χ1n) is 24.0. The molecule has 0 aromatic heterocycles. The second-order valence-corrected chi connectivity index (χ2v) is 18.1. The molecule has 2 atom stereocenters. The number of rotatable bonds is 22. The van der Waals surface area contributed by atoms with Crippen LogP contribution >= 0.6 is 0 Å². The second kappa shape index (κ2) is 24.4. The van der Waals surface area contributed by atoms with Crippen LogP contribution in [-0.2, 0) is 43.3 Å². The van der Waals surface area contributed by atoms with Gasteiger partial charge in [0.2, 0.25) is 0 Å². The van der Waals surface area contributed by atoms with Gasteiger partial charge in [0.15, 0.2) is 17.3 Å². The molecule has 0 spiro atoms. The molecule has 1 aliphatic carbocycles. The summed E-state index contributed by atoms with van der Waals surface area (Å²) in [5.74, 6) is 6.81. The molecule has 0 amide bonds. The molecule has 0 saturated heterocycles. The Kier molecular flexibility index (Phi) is 17.6. The summed E-state index contributed by atoms with van der Waals surface area (Å²) < 4.78 is 6.09. The highest BCUT2D eigenvalue weighted by Gasteiger charge is 2.24. The summed E-state index contributed by atoms with van der Waals surface area (Å²) in [5, 5.41) is 45.3. The lowest BCUT2D eigenvalue weighted by Crippen LogP contribution is -2.21. The van der Waals surface area contributed by atoms with Gasteiger partial charge >= 0.3 is 0 Å². The number of phenols is 2. The Bertz CT molecular complexity index is 2720. The normalized spacial score (nSPS) is 14.9. The van der Waals surface area contributed by atoms with Crippen LogP contribution in [0, 0.1) is 17.8 Å². The van der Waals surface area contributed by atoms with Crippen molar-refractivity contribution in [1.29, 1.82) is 0 Å². The molecule has 0 fully saturated rings. The number of hydrogen-bond donors (Lipinski definition) is 5. The summed E-state index contributed by atoms with van der Waals surface area (Å²) in [6.45, 7) is 2.69. The van der Waals surface area contributed by atoms with Gasteiger partial charge in [-0.2, -0.15) is 0 Å². The van der Waals surface area contributed by atoms with Gasteiger partial charge in [-0.3, -0.25) is 9.79 Å². The number of ether oxygens (including phenoxy) is 1. The lowest BCUT2D eigenvalue weighted by Gasteiger charge is -2.27. The highest BCUT2D eigenvalue weighted by Crippen LogP contribution is 2.39. The quantitative estimate of drug-likeness (QED) is 0.0198. The maximum Gasteiger partial charge on any atom is 0.161 e. The van der Waals surface area contributed by atoms with E-state index in [0.717, 1.165) is 61.6 Å². The average Bonchev–Trinajstić information content (AvgIpc) is 3.82. The van der Waals surface area contributed by atoms with E-state index >= 15 is 0 Å². The van der Waals surface area contributed by atoms with Crippen molar-refractivity contribution >= 4 is 11.5 Å². The van der Waals surface area contributed by atoms with Crippen molar-refractivity contribution in [3.8, 4) is 29.1 Å². The topological polar surface area (TPSA) is 174 Å². The van der Waals surface area contributed by atoms with Crippen LogP contribution in [0.5, 0.6) is 17.2 Å². The minimum atomic E-state index is -0.700. The average molecular weight is 911 g/mol. The van der Waals surface area contributed by atoms with Crippen molar-refractivity contribution in [2.75, 3.05) is 13.2 Å². The van der Waals surface area contributed by atoms with Crippen LogP contribution in [0.2, 0.25) is 0 Å². The number of benzene rings is 5. The van der Waals surface area contributed by atoms with Gasteiger partial charge in [-0.05, 0) is 150 Å². The number of unbranched alkanes of at least 4 members (excludes halogenated alkanes) is 1. The fourth-order valence-electron chi connectivity index (χ4n) is 9.07. The van der Waals surface area contributed by atoms with Gasteiger partial charge in [0, 0.05) is 42.7 Å². The molecule has 0 unspecified atom stereocenters. The molecule has 9 nitrogen and oxygen atoms in total. The Labute approximate surface area is 401 Å². The zero-order chi connectivity index (χ0) is 47.8. The van der Waals surface area contributed by atoms with E-state index in [2.05, 4.69) is 72.3 Å². The molecule has 68 heavy (non-hydrogen) atoms. The molecule has 9 heteroatoms. The highest BCUT2D eigenvalue weighted by atomic mass is 16.5. The summed E-state index contributed by atoms with van der Waals surface area (Å²) in [7, 11) is 0. The smallest absolute Gasteiger partial charge is 0.161 e. The number of nitrogens with zero attached hydrogens (tertiary/aromatic N) is 1. The third kappa shape index (κ3) is 13.7. The number of carbonyl (C=O) groups excluding carboxylic acids is 1. The fraction of sp³-hybridized carbons (Fsp3) is 0.322. The van der Waals surface area contributed by atoms with E-state index in [1.165, 1.54) is 22.3 Å². The summed E-state index contributed by atoms with van der Waals surface area (Å²) >= 11 is 0. The molecule has 5 aromatic rings. The summed E-state index contributed by atoms with van der Waals surface area (Å²) in [5.41, 5.74) is 23.0. The van der Waals surface area contributed by atoms with Crippen LogP contribution in [-0.4, -0.2) is 40.0 Å². The standard InChI is InChI=1S/C59H65N3O6/c1-40(15-22-46-35-42(18-23-45(46)30-33-63)17-16-41-10-5-3-6-11-41)9-4-2-7-13-49(64)25-19-43-21-28-56(66)58(37-43)68-34-31-44-20-27-55(65)53(36-44)52-39-57(67)51-29-32-62-54(51)14-8-12-47-38-48(59(60)61)24-26-50(47)52/h3,5-7,10-11,13,18,20-21,23-24,26-29,32,35-38,40,52,59,63,65-67H,2,4,9,14-17,19,22,25,30-31,33-34,39,60-61H2,1H3/p-1/b13-7+,57-51?/t40-,52+/m1/s1. The number of allylic oxidation sites excluding steroid dienone is 5. The lowest BCUT2D eigenvalue weighted by molar-refractivity contribution is -0.307. The number of phenolic OH excluding ortho intramolecular Hbond substituents is 2. The first-order chi connectivity index (χ1) is 33.0. The Morgan fingerprint density at radius 1 is 0.824 bits per heavy atom. The number of ketones is 1. The maximum atomic E-state index is 13.8. The Hall–Kier alpha value is -6.70. The monoisotopic (exact) mass is 910 g/mol. The van der Waals surface area contributed by atoms with Crippen LogP contribution in [0.4, 0.5) is 0 Å². The van der Waals surface area contributed by atoms with Crippen LogP contribution in [0.15, 0.2) is 144 Å². The molecular weight excluding hydrogens is 847 g/mol. The van der Waals surface area contributed by atoms with Crippen molar-refractivity contribution in [3.05, 3.63) is 195 Å². The minimum absolute atomic E-state index is 0.00854. The first-order valence-corrected chi connectivity index (χ1v) is 24.0. The Morgan fingerprint density at radius 2 is 1.59 bits per heavy atom. The zero-order valence-electron chi connectivity index (χ0n) is 39.1. The number of aliphatic hydroxyl groups is 1. The fourth-order valence-corrected chi connectivity index (χ4v) is 9.07. The largest absolute Gasteiger partial charge is 0.875 e. The van der Waals surface area contributed by atoms with Crippen LogP contribution in [0.1, 0.15) is 120 Å². The van der Waals surface area contributed by atoms with Crippen molar-refractivity contribution in [2.24, 2.45) is 22.4 Å². The predicted molar refractivity (Wildman–Crippen MR) is 269 cm³/mol. The van der Waals surface area contributed by atoms with E-state index in [1.807, 2.05) is 42.5 Å². The van der Waals surface area contributed by atoms with Crippen molar-refractivity contribution in [1.82, 2.24) is 0 Å². The zero-order valence-corrected chi connectivity index (χ0v) is 39.1. The predicted octanol–water partition coefficient (Wildman–Crippen LogP) is 9.31. The minimum Gasteiger partial charge on any atom is -0.875 e. The molecule has 352 valence electrons. The number of aliphatic hydroxyl groups excluding tert-OH is 1. The Balaban J connectivity index is 0.883. The van der Waals surface area contributed by atoms with Gasteiger partial charge in [0.05, 0.1) is 24.9 Å². The molecular formula is C59H64N3O6-. The van der Waals surface area contributed by atoms with Gasteiger partial charge in [0.1, 0.15) is 5.75 Å². The molecule has 0 bridgehead atoms. The molecule has 7 N–H and O–H groups in total. The van der Waals surface area contributed by atoms with Gasteiger partial charge in [-0.15, -0.1) is 5.76 Å². The molecule has 1 heterocycles. The van der Waals surface area contributed by atoms with E-state index in [4.69, 9.17) is 16.2 Å². The van der Waals surface area contributed by atoms with E-state index in [-0.39, 0.29) is 42.7 Å². The van der Waals surface area contributed by atoms with Gasteiger partial charge in [-0.1, -0.05) is 110 Å². The van der Waals surface area contributed by atoms with E-state index < -0.39 is 12.1 Å². The van der Waals surface area contributed by atoms with Crippen LogP contribution < -0.4 is 21.3 Å². The molecule has 5 aromatic carbocycles. The number of fused-ring (bicyclic) bond motifs is 2. The number of hydrogen-bond acceptors (Lipinski definition) is 9. The van der Waals surface area contributed by atoms with Crippen molar-refractivity contribution in [2.45, 2.75) is 102 Å². The van der Waals surface area contributed by atoms with Gasteiger partial charge in [-0.25, -0.2) is 0 Å². The number of aromatic hydroxyl groups is 2. The third-order valence-corrected chi connectivity index (χ3v) is 13.1. The SMILES string of the molecule is C[C@H](CCC/C=C/C(=O)CCc1ccc(O)c(OCCc2ccc(O)c([C@H]3CC([O-])=C4C=CN=C4CC#Cc4cc(C(N)N)ccc43)c2)c1)CCc1cc(CCc2ccccc2)ccc1CCO. The molecule has 0 radical (unpaired) electrons. The number of aryl methyl sites for hydroxylation is 4. The maximum absolute atomic E-state index is 13.8. The second-order valence-electron chi connectivity index (χ2n) is 18.1. The molecule has 0 saturated carbocycles. The van der Waals surface area contributed by atoms with E-state index in [9.17, 15) is 25.2 Å². The van der Waals surface area contributed by atoms with Gasteiger partial charge in [0.25, 0.3) is 0 Å². The summed E-state index contributed by atoms with van der Waals surface area (Å²) in [6, 6.07) is 33.4. The first kappa shape index (κ1) is 49.2. The molecule has 2 aliphatic rings.